The Balaban J connectivity index is 1.99. The first-order chi connectivity index (χ1) is 12.3. The third-order valence-electron chi connectivity index (χ3n) is 6.40. The molecular weight excluding hydrogens is 330 g/mol. The van der Waals surface area contributed by atoms with Gasteiger partial charge >= 0.3 is 0 Å². The topological polar surface area (TPSA) is 65.5 Å². The lowest BCUT2D eigenvalue weighted by Gasteiger charge is -2.37. The summed E-state index contributed by atoms with van der Waals surface area (Å²) in [6.45, 7) is 6.26. The van der Waals surface area contributed by atoms with E-state index in [0.29, 0.717) is 12.3 Å². The Morgan fingerprint density at radius 1 is 1.27 bits per heavy atom. The van der Waals surface area contributed by atoms with Crippen molar-refractivity contribution < 1.29 is 14.1 Å². The van der Waals surface area contributed by atoms with Crippen molar-refractivity contribution in [2.24, 2.45) is 5.41 Å². The van der Waals surface area contributed by atoms with Gasteiger partial charge in [0.1, 0.15) is 17.1 Å². The van der Waals surface area contributed by atoms with Gasteiger partial charge in [0.05, 0.1) is 12.5 Å². The monoisotopic (exact) mass is 355 g/mol. The highest BCUT2D eigenvalue weighted by atomic mass is 16.6. The summed E-state index contributed by atoms with van der Waals surface area (Å²) in [5.74, 6) is 2.12. The largest absolute Gasteiger partial charge is 0.497 e. The van der Waals surface area contributed by atoms with Crippen LogP contribution in [0.25, 0.3) is 16.5 Å². The molecule has 5 heteroatoms. The fraction of sp³-hybridized carbons (Fsp3) is 0.524. The van der Waals surface area contributed by atoms with E-state index >= 15 is 0 Å². The molecule has 1 aromatic heterocycles. The van der Waals surface area contributed by atoms with Gasteiger partial charge in [-0.15, -0.1) is 0 Å². The van der Waals surface area contributed by atoms with Crippen LogP contribution in [0.3, 0.4) is 0 Å². The number of hydrogen-bond donors (Lipinski definition) is 0. The van der Waals surface area contributed by atoms with Crippen molar-refractivity contribution in [2.75, 3.05) is 7.11 Å². The summed E-state index contributed by atoms with van der Waals surface area (Å²) in [7, 11) is 1.67. The van der Waals surface area contributed by atoms with Crippen LogP contribution < -0.4 is 4.74 Å². The lowest BCUT2D eigenvalue weighted by Crippen LogP contribution is -2.40. The number of fused-ring (bicyclic) bond motifs is 4. The summed E-state index contributed by atoms with van der Waals surface area (Å²) < 4.78 is 11.7. The highest BCUT2D eigenvalue weighted by Crippen LogP contribution is 2.53. The summed E-state index contributed by atoms with van der Waals surface area (Å²) in [4.78, 5) is 11.5. The molecule has 1 aromatic carbocycles. The number of benzene rings is 1. The molecule has 0 bridgehead atoms. The predicted octanol–water partition coefficient (Wildman–Crippen LogP) is 5.56. The molecular formula is C21H25NO4. The minimum Gasteiger partial charge on any atom is -0.497 e. The van der Waals surface area contributed by atoms with Gasteiger partial charge < -0.3 is 9.15 Å². The van der Waals surface area contributed by atoms with Crippen LogP contribution in [-0.4, -0.2) is 18.1 Å². The summed E-state index contributed by atoms with van der Waals surface area (Å²) in [5, 5.41) is 12.7. The van der Waals surface area contributed by atoms with E-state index in [1.807, 2.05) is 32.0 Å². The summed E-state index contributed by atoms with van der Waals surface area (Å²) >= 11 is 0. The number of methoxy groups -OCH3 is 1. The molecule has 0 N–H and O–H groups in total. The van der Waals surface area contributed by atoms with Crippen LogP contribution >= 0.6 is 0 Å². The average molecular weight is 355 g/mol. The zero-order valence-electron chi connectivity index (χ0n) is 15.8. The maximum Gasteiger partial charge on any atom is 0.222 e. The van der Waals surface area contributed by atoms with E-state index in [1.165, 1.54) is 11.1 Å². The maximum atomic E-state index is 11.6. The smallest absolute Gasteiger partial charge is 0.222 e. The second-order valence-corrected chi connectivity index (χ2v) is 8.16. The average Bonchev–Trinajstić information content (AvgIpc) is 2.90. The molecule has 2 aromatic rings. The Bertz CT molecular complexity index is 921. The van der Waals surface area contributed by atoms with Crippen LogP contribution in [0.4, 0.5) is 0 Å². The van der Waals surface area contributed by atoms with Crippen molar-refractivity contribution >= 4 is 16.5 Å². The molecule has 0 aliphatic heterocycles. The van der Waals surface area contributed by atoms with Crippen molar-refractivity contribution in [1.29, 1.82) is 0 Å². The highest BCUT2D eigenvalue weighted by Gasteiger charge is 2.47. The Labute approximate surface area is 153 Å². The maximum absolute atomic E-state index is 11.6. The molecule has 5 nitrogen and oxygen atoms in total. The van der Waals surface area contributed by atoms with E-state index in [0.717, 1.165) is 47.3 Å². The first kappa shape index (κ1) is 17.1. The van der Waals surface area contributed by atoms with Gasteiger partial charge in [-0.2, -0.15) is 0 Å². The Hall–Kier alpha value is -2.30. The highest BCUT2D eigenvalue weighted by molar-refractivity contribution is 5.95. The van der Waals surface area contributed by atoms with Crippen LogP contribution in [0.2, 0.25) is 0 Å². The normalized spacial score (nSPS) is 24.8. The second kappa shape index (κ2) is 5.86. The molecule has 2 aliphatic rings. The molecule has 0 radical (unpaired) electrons. The third-order valence-corrected chi connectivity index (χ3v) is 6.40. The Morgan fingerprint density at radius 2 is 2.04 bits per heavy atom. The van der Waals surface area contributed by atoms with Gasteiger partial charge in [-0.3, -0.25) is 10.1 Å². The number of hydrogen-bond acceptors (Lipinski definition) is 4. The minimum absolute atomic E-state index is 0.0878. The summed E-state index contributed by atoms with van der Waals surface area (Å²) in [6.07, 6.45) is 3.15. The zero-order valence-corrected chi connectivity index (χ0v) is 15.8. The number of nitrogens with zero attached hydrogens (tertiary/aromatic N) is 1. The van der Waals surface area contributed by atoms with Crippen LogP contribution in [0.5, 0.6) is 5.75 Å². The van der Waals surface area contributed by atoms with E-state index in [-0.39, 0.29) is 4.92 Å². The number of rotatable bonds is 2. The Morgan fingerprint density at radius 3 is 2.73 bits per heavy atom. The van der Waals surface area contributed by atoms with Gasteiger partial charge in [-0.1, -0.05) is 12.5 Å². The molecule has 26 heavy (non-hydrogen) atoms. The van der Waals surface area contributed by atoms with E-state index in [9.17, 15) is 10.1 Å². The van der Waals surface area contributed by atoms with E-state index in [4.69, 9.17) is 9.15 Å². The molecule has 4 rings (SSSR count). The van der Waals surface area contributed by atoms with Gasteiger partial charge in [-0.05, 0) is 56.9 Å². The van der Waals surface area contributed by atoms with E-state index in [1.54, 1.807) is 7.11 Å². The van der Waals surface area contributed by atoms with Crippen molar-refractivity contribution in [1.82, 2.24) is 0 Å². The van der Waals surface area contributed by atoms with Gasteiger partial charge in [0.25, 0.3) is 0 Å². The fourth-order valence-corrected chi connectivity index (χ4v) is 4.87. The van der Waals surface area contributed by atoms with Gasteiger partial charge in [0.15, 0.2) is 0 Å². The lowest BCUT2D eigenvalue weighted by atomic mass is 9.67. The molecule has 0 amide bonds. The van der Waals surface area contributed by atoms with Crippen molar-refractivity contribution in [3.63, 3.8) is 0 Å². The molecule has 0 saturated heterocycles. The standard InChI is InChI=1S/C21H25NO4/c1-12-5-8-16-14(7-10-18(22(23)24)21(16,2)3)19-15-11-13(25-4)6-9-17(15)26-20(12)19/h6,9,11-12,18H,5,7-8,10H2,1-4H3. The predicted molar refractivity (Wildman–Crippen MR) is 101 cm³/mol. The van der Waals surface area contributed by atoms with E-state index in [2.05, 4.69) is 6.92 Å². The number of allylic oxidation sites excluding steroid dienone is 1. The SMILES string of the molecule is COc1ccc2oc3c(c2c1)C1=C(CCC3C)C(C)(C)C([N+](=O)[O-])CC1. The number of furan rings is 1. The molecule has 2 aliphatic carbocycles. The van der Waals surface area contributed by atoms with E-state index < -0.39 is 11.5 Å². The minimum atomic E-state index is -0.522. The zero-order chi connectivity index (χ0) is 18.6. The van der Waals surface area contributed by atoms with Crippen LogP contribution in [0.1, 0.15) is 63.7 Å². The fourth-order valence-electron chi connectivity index (χ4n) is 4.87. The Kier molecular flexibility index (Phi) is 3.86. The first-order valence-electron chi connectivity index (χ1n) is 9.31. The van der Waals surface area contributed by atoms with Crippen LogP contribution in [-0.2, 0) is 0 Å². The number of ether oxygens (including phenoxy) is 1. The second-order valence-electron chi connectivity index (χ2n) is 8.16. The van der Waals surface area contributed by atoms with Crippen LogP contribution in [0.15, 0.2) is 28.2 Å². The molecule has 0 fully saturated rings. The summed E-state index contributed by atoms with van der Waals surface area (Å²) in [5.41, 5.74) is 4.08. The molecule has 1 heterocycles. The van der Waals surface area contributed by atoms with Crippen molar-refractivity contribution in [3.8, 4) is 5.75 Å². The van der Waals surface area contributed by atoms with Gasteiger partial charge in [0.2, 0.25) is 6.04 Å². The van der Waals surface area contributed by atoms with Gasteiger partial charge in [-0.25, -0.2) is 0 Å². The quantitative estimate of drug-likeness (QED) is 0.523. The van der Waals surface area contributed by atoms with Crippen LogP contribution in [0, 0.1) is 15.5 Å². The number of nitro groups is 1. The molecule has 0 saturated carbocycles. The molecule has 0 spiro atoms. The molecule has 2 unspecified atom stereocenters. The molecule has 2 atom stereocenters. The lowest BCUT2D eigenvalue weighted by molar-refractivity contribution is -0.539. The summed E-state index contributed by atoms with van der Waals surface area (Å²) in [6, 6.07) is 5.39. The van der Waals surface area contributed by atoms with Gasteiger partial charge in [0, 0.05) is 28.2 Å². The molecule has 138 valence electrons. The third kappa shape index (κ3) is 2.37. The van der Waals surface area contributed by atoms with Crippen molar-refractivity contribution in [3.05, 3.63) is 45.2 Å². The van der Waals surface area contributed by atoms with Crippen molar-refractivity contribution in [2.45, 2.75) is 58.4 Å². The first-order valence-corrected chi connectivity index (χ1v) is 9.31.